The Balaban J connectivity index is 2.59. The Bertz CT molecular complexity index is 128. The average molecular weight is 124 g/mol. The van der Waals surface area contributed by atoms with Gasteiger partial charge in [0.15, 0.2) is 0 Å². The maximum absolute atomic E-state index is 8.69. The van der Waals surface area contributed by atoms with E-state index < -0.39 is 0 Å². The molecule has 0 heterocycles. The molecule has 0 saturated heterocycles. The molecule has 0 aromatic heterocycles. The minimum atomic E-state index is -0.139. The predicted molar refractivity (Wildman–Crippen MR) is 35.6 cm³/mol. The summed E-state index contributed by atoms with van der Waals surface area (Å²) in [5.74, 6) is 0. The lowest BCUT2D eigenvalue weighted by molar-refractivity contribution is 0.424. The van der Waals surface area contributed by atoms with Gasteiger partial charge in [-0.3, -0.25) is 0 Å². The zero-order valence-electron chi connectivity index (χ0n) is 5.56. The molecule has 0 radical (unpaired) electrons. The van der Waals surface area contributed by atoms with Crippen LogP contribution in [-0.2, 0) is 0 Å². The molecular formula is C7H12N2. The Morgan fingerprint density at radius 1 is 1.44 bits per heavy atom. The number of hydrogen-bond donors (Lipinski definition) is 1. The monoisotopic (exact) mass is 124 g/mol. The van der Waals surface area contributed by atoms with Crippen LogP contribution in [0.1, 0.15) is 25.7 Å². The fraction of sp³-hybridized carbons (Fsp3) is 0.857. The molecule has 0 unspecified atom stereocenters. The largest absolute Gasteiger partial charge is 0.329 e. The third-order valence-electron chi connectivity index (χ3n) is 2.19. The van der Waals surface area contributed by atoms with E-state index in [4.69, 9.17) is 11.0 Å². The van der Waals surface area contributed by atoms with Gasteiger partial charge in [-0.25, -0.2) is 0 Å². The van der Waals surface area contributed by atoms with Crippen molar-refractivity contribution in [3.05, 3.63) is 0 Å². The average Bonchev–Trinajstić information content (AvgIpc) is 2.36. The van der Waals surface area contributed by atoms with E-state index in [9.17, 15) is 0 Å². The van der Waals surface area contributed by atoms with Gasteiger partial charge in [0.25, 0.3) is 0 Å². The summed E-state index contributed by atoms with van der Waals surface area (Å²) in [5, 5.41) is 8.69. The Hall–Kier alpha value is -0.550. The molecule has 1 aliphatic carbocycles. The van der Waals surface area contributed by atoms with Crippen molar-refractivity contribution < 1.29 is 0 Å². The molecule has 0 amide bonds. The van der Waals surface area contributed by atoms with Crippen molar-refractivity contribution in [2.45, 2.75) is 25.7 Å². The number of hydrogen-bond acceptors (Lipinski definition) is 2. The Morgan fingerprint density at radius 3 is 2.22 bits per heavy atom. The van der Waals surface area contributed by atoms with Crippen molar-refractivity contribution in [3.63, 3.8) is 0 Å². The van der Waals surface area contributed by atoms with E-state index in [1.54, 1.807) is 0 Å². The Labute approximate surface area is 55.7 Å². The standard InChI is InChI=1S/C7H12N2/c8-5-7(6-9)3-1-2-4-7/h1-5,8H2. The lowest BCUT2D eigenvalue weighted by Gasteiger charge is -2.15. The molecule has 2 N–H and O–H groups in total. The summed E-state index contributed by atoms with van der Waals surface area (Å²) in [5.41, 5.74) is 5.32. The molecule has 1 fully saturated rings. The fourth-order valence-electron chi connectivity index (χ4n) is 1.41. The smallest absolute Gasteiger partial charge is 0.0703 e. The van der Waals surface area contributed by atoms with Crippen molar-refractivity contribution >= 4 is 0 Å². The van der Waals surface area contributed by atoms with Crippen LogP contribution in [0.2, 0.25) is 0 Å². The van der Waals surface area contributed by atoms with E-state index >= 15 is 0 Å². The van der Waals surface area contributed by atoms with Gasteiger partial charge < -0.3 is 5.73 Å². The molecule has 2 nitrogen and oxygen atoms in total. The van der Waals surface area contributed by atoms with E-state index in [0.29, 0.717) is 6.54 Å². The summed E-state index contributed by atoms with van der Waals surface area (Å²) in [7, 11) is 0. The quantitative estimate of drug-likeness (QED) is 0.567. The van der Waals surface area contributed by atoms with Crippen LogP contribution in [0.5, 0.6) is 0 Å². The third kappa shape index (κ3) is 1.06. The summed E-state index contributed by atoms with van der Waals surface area (Å²) < 4.78 is 0. The van der Waals surface area contributed by atoms with Crippen LogP contribution < -0.4 is 5.73 Å². The van der Waals surface area contributed by atoms with E-state index in [2.05, 4.69) is 6.07 Å². The first-order valence-corrected chi connectivity index (χ1v) is 3.44. The van der Waals surface area contributed by atoms with Gasteiger partial charge in [-0.15, -0.1) is 0 Å². The minimum absolute atomic E-state index is 0.139. The van der Waals surface area contributed by atoms with E-state index in [1.165, 1.54) is 12.8 Å². The van der Waals surface area contributed by atoms with Gasteiger partial charge in [0, 0.05) is 6.54 Å². The molecule has 0 aliphatic heterocycles. The topological polar surface area (TPSA) is 49.8 Å². The number of nitrogens with zero attached hydrogens (tertiary/aromatic N) is 1. The molecular weight excluding hydrogens is 112 g/mol. The van der Waals surface area contributed by atoms with Gasteiger partial charge in [0.2, 0.25) is 0 Å². The van der Waals surface area contributed by atoms with E-state index in [1.807, 2.05) is 0 Å². The van der Waals surface area contributed by atoms with Gasteiger partial charge in [-0.05, 0) is 12.8 Å². The van der Waals surface area contributed by atoms with Crippen molar-refractivity contribution in [2.24, 2.45) is 11.1 Å². The molecule has 9 heavy (non-hydrogen) atoms. The third-order valence-corrected chi connectivity index (χ3v) is 2.19. The highest BCUT2D eigenvalue weighted by molar-refractivity contribution is 5.02. The maximum atomic E-state index is 8.69. The molecule has 0 aromatic carbocycles. The van der Waals surface area contributed by atoms with Crippen LogP contribution in [-0.4, -0.2) is 6.54 Å². The van der Waals surface area contributed by atoms with Gasteiger partial charge in [0.1, 0.15) is 0 Å². The summed E-state index contributed by atoms with van der Waals surface area (Å²) in [6, 6.07) is 2.30. The lowest BCUT2D eigenvalue weighted by Crippen LogP contribution is -2.24. The Morgan fingerprint density at radius 2 is 2.00 bits per heavy atom. The molecule has 0 atom stereocenters. The molecule has 0 bridgehead atoms. The summed E-state index contributed by atoms with van der Waals surface area (Å²) >= 11 is 0. The van der Waals surface area contributed by atoms with Crippen molar-refractivity contribution in [3.8, 4) is 6.07 Å². The second-order valence-electron chi connectivity index (χ2n) is 2.80. The van der Waals surface area contributed by atoms with E-state index in [0.717, 1.165) is 12.8 Å². The first-order valence-electron chi connectivity index (χ1n) is 3.44. The van der Waals surface area contributed by atoms with E-state index in [-0.39, 0.29) is 5.41 Å². The van der Waals surface area contributed by atoms with Gasteiger partial charge >= 0.3 is 0 Å². The molecule has 50 valence electrons. The molecule has 1 saturated carbocycles. The molecule has 1 aliphatic rings. The van der Waals surface area contributed by atoms with Crippen LogP contribution >= 0.6 is 0 Å². The highest BCUT2D eigenvalue weighted by Crippen LogP contribution is 2.35. The van der Waals surface area contributed by atoms with Gasteiger partial charge in [-0.1, -0.05) is 12.8 Å². The van der Waals surface area contributed by atoms with Crippen LogP contribution in [0.3, 0.4) is 0 Å². The summed E-state index contributed by atoms with van der Waals surface area (Å²) in [6.07, 6.45) is 4.40. The highest BCUT2D eigenvalue weighted by atomic mass is 14.6. The molecule has 2 heteroatoms. The minimum Gasteiger partial charge on any atom is -0.329 e. The van der Waals surface area contributed by atoms with Gasteiger partial charge in [-0.2, -0.15) is 5.26 Å². The molecule has 0 spiro atoms. The van der Waals surface area contributed by atoms with Crippen molar-refractivity contribution in [1.82, 2.24) is 0 Å². The van der Waals surface area contributed by atoms with Crippen LogP contribution in [0.15, 0.2) is 0 Å². The summed E-state index contributed by atoms with van der Waals surface area (Å²) in [6.45, 7) is 0.545. The normalized spacial score (nSPS) is 23.6. The summed E-state index contributed by atoms with van der Waals surface area (Å²) in [4.78, 5) is 0. The first-order chi connectivity index (χ1) is 4.33. The second-order valence-corrected chi connectivity index (χ2v) is 2.80. The van der Waals surface area contributed by atoms with Crippen LogP contribution in [0.4, 0.5) is 0 Å². The van der Waals surface area contributed by atoms with Crippen LogP contribution in [0.25, 0.3) is 0 Å². The Kier molecular flexibility index (Phi) is 1.73. The lowest BCUT2D eigenvalue weighted by atomic mass is 9.89. The second kappa shape index (κ2) is 2.36. The highest BCUT2D eigenvalue weighted by Gasteiger charge is 2.31. The fourth-order valence-corrected chi connectivity index (χ4v) is 1.41. The zero-order chi connectivity index (χ0) is 6.74. The maximum Gasteiger partial charge on any atom is 0.0703 e. The molecule has 0 aromatic rings. The number of rotatable bonds is 1. The number of nitriles is 1. The van der Waals surface area contributed by atoms with Crippen LogP contribution in [0, 0.1) is 16.7 Å². The van der Waals surface area contributed by atoms with Crippen molar-refractivity contribution in [2.75, 3.05) is 6.54 Å². The SMILES string of the molecule is N#CC1(CN)CCCC1. The van der Waals surface area contributed by atoms with Gasteiger partial charge in [0.05, 0.1) is 11.5 Å². The number of nitrogens with two attached hydrogens (primary N) is 1. The first kappa shape index (κ1) is 6.57. The zero-order valence-corrected chi connectivity index (χ0v) is 5.56. The predicted octanol–water partition coefficient (Wildman–Crippen LogP) is 1.03. The van der Waals surface area contributed by atoms with Crippen molar-refractivity contribution in [1.29, 1.82) is 5.26 Å². The molecule has 1 rings (SSSR count).